The second-order valence-corrected chi connectivity index (χ2v) is 5.16. The molecule has 0 saturated heterocycles. The highest BCUT2D eigenvalue weighted by atomic mass is 16.5. The molecular weight excluding hydrogens is 286 g/mol. The Morgan fingerprint density at radius 1 is 1.14 bits per heavy atom. The van der Waals surface area contributed by atoms with E-state index in [-0.39, 0.29) is 11.6 Å². The van der Waals surface area contributed by atoms with Crippen LogP contribution in [0.3, 0.4) is 0 Å². The lowest BCUT2D eigenvalue weighted by atomic mass is 10.0. The van der Waals surface area contributed by atoms with Gasteiger partial charge in [-0.15, -0.1) is 0 Å². The van der Waals surface area contributed by atoms with Crippen molar-refractivity contribution in [2.45, 2.75) is 32.9 Å². The van der Waals surface area contributed by atoms with Crippen LogP contribution in [0, 0.1) is 5.92 Å². The minimum atomic E-state index is -0.787. The van der Waals surface area contributed by atoms with Crippen molar-refractivity contribution in [3.63, 3.8) is 0 Å². The molecule has 0 aliphatic rings. The number of ether oxygens (including phenoxy) is 1. The summed E-state index contributed by atoms with van der Waals surface area (Å²) in [7, 11) is 1.24. The summed E-state index contributed by atoms with van der Waals surface area (Å²) in [6.45, 7) is 5.11. The number of nitrogens with zero attached hydrogens (tertiary/aromatic N) is 1. The smallest absolute Gasteiger partial charge is 0.328 e. The van der Waals surface area contributed by atoms with Crippen LogP contribution in [0.15, 0.2) is 24.4 Å². The summed E-state index contributed by atoms with van der Waals surface area (Å²) < 4.78 is 4.55. The Labute approximate surface area is 129 Å². The van der Waals surface area contributed by atoms with Crippen molar-refractivity contribution in [1.29, 1.82) is 0 Å². The Balaban J connectivity index is 2.75. The van der Waals surface area contributed by atoms with Gasteiger partial charge in [-0.1, -0.05) is 19.9 Å². The Morgan fingerprint density at radius 3 is 2.32 bits per heavy atom. The number of carbonyl (C=O) groups excluding carboxylic acids is 3. The van der Waals surface area contributed by atoms with E-state index >= 15 is 0 Å². The first kappa shape index (κ1) is 17.6. The van der Waals surface area contributed by atoms with E-state index in [9.17, 15) is 14.4 Å². The highest BCUT2D eigenvalue weighted by Gasteiger charge is 2.27. The SMILES string of the molecule is COC(=O)[C@H](C)NC(=O)C(NC(=O)c1ccccn1)C(C)C. The summed E-state index contributed by atoms with van der Waals surface area (Å²) in [6.07, 6.45) is 1.50. The van der Waals surface area contributed by atoms with E-state index < -0.39 is 29.9 Å². The van der Waals surface area contributed by atoms with Gasteiger partial charge in [-0.2, -0.15) is 0 Å². The Hall–Kier alpha value is -2.44. The van der Waals surface area contributed by atoms with E-state index in [4.69, 9.17) is 0 Å². The Bertz CT molecular complexity index is 531. The molecule has 0 spiro atoms. The average molecular weight is 307 g/mol. The molecule has 0 bridgehead atoms. The number of rotatable bonds is 6. The fourth-order valence-corrected chi connectivity index (χ4v) is 1.79. The summed E-state index contributed by atoms with van der Waals surface area (Å²) in [5, 5.41) is 5.15. The number of pyridine rings is 1. The van der Waals surface area contributed by atoms with Crippen LogP contribution in [0.25, 0.3) is 0 Å². The van der Waals surface area contributed by atoms with Gasteiger partial charge in [0.1, 0.15) is 17.8 Å². The molecule has 0 aliphatic heterocycles. The van der Waals surface area contributed by atoms with Crippen LogP contribution in [-0.2, 0) is 14.3 Å². The van der Waals surface area contributed by atoms with Gasteiger partial charge in [-0.25, -0.2) is 4.79 Å². The van der Waals surface area contributed by atoms with E-state index in [0.717, 1.165) is 0 Å². The minimum absolute atomic E-state index is 0.155. The Morgan fingerprint density at radius 2 is 1.82 bits per heavy atom. The number of carbonyl (C=O) groups is 3. The van der Waals surface area contributed by atoms with E-state index in [1.54, 1.807) is 32.0 Å². The first-order chi connectivity index (χ1) is 10.4. The minimum Gasteiger partial charge on any atom is -0.467 e. The maximum atomic E-state index is 12.2. The van der Waals surface area contributed by atoms with Crippen molar-refractivity contribution >= 4 is 17.8 Å². The second kappa shape index (κ2) is 8.11. The van der Waals surface area contributed by atoms with Crippen LogP contribution < -0.4 is 10.6 Å². The fourth-order valence-electron chi connectivity index (χ4n) is 1.79. The van der Waals surface area contributed by atoms with Crippen LogP contribution >= 0.6 is 0 Å². The molecule has 2 atom stereocenters. The van der Waals surface area contributed by atoms with Crippen LogP contribution in [0.4, 0.5) is 0 Å². The summed E-state index contributed by atoms with van der Waals surface area (Å²) in [5.41, 5.74) is 0.224. The molecule has 2 N–H and O–H groups in total. The third-order valence-electron chi connectivity index (χ3n) is 3.05. The predicted molar refractivity (Wildman–Crippen MR) is 79.9 cm³/mol. The highest BCUT2D eigenvalue weighted by Crippen LogP contribution is 2.05. The first-order valence-corrected chi connectivity index (χ1v) is 6.97. The quantitative estimate of drug-likeness (QED) is 0.747. The lowest BCUT2D eigenvalue weighted by Gasteiger charge is -2.23. The van der Waals surface area contributed by atoms with E-state index in [1.807, 2.05) is 0 Å². The predicted octanol–water partition coefficient (Wildman–Crippen LogP) is 0.514. The lowest BCUT2D eigenvalue weighted by Crippen LogP contribution is -2.53. The van der Waals surface area contributed by atoms with Crippen LogP contribution in [0.5, 0.6) is 0 Å². The van der Waals surface area contributed by atoms with Crippen molar-refractivity contribution in [3.05, 3.63) is 30.1 Å². The first-order valence-electron chi connectivity index (χ1n) is 6.97. The molecule has 22 heavy (non-hydrogen) atoms. The van der Waals surface area contributed by atoms with Crippen molar-refractivity contribution in [1.82, 2.24) is 15.6 Å². The van der Waals surface area contributed by atoms with Crippen LogP contribution in [-0.4, -0.2) is 42.0 Å². The van der Waals surface area contributed by atoms with Crippen LogP contribution in [0.2, 0.25) is 0 Å². The van der Waals surface area contributed by atoms with Gasteiger partial charge in [0.25, 0.3) is 5.91 Å². The third-order valence-corrected chi connectivity index (χ3v) is 3.05. The van der Waals surface area contributed by atoms with Gasteiger partial charge in [-0.3, -0.25) is 14.6 Å². The van der Waals surface area contributed by atoms with Gasteiger partial charge in [0.2, 0.25) is 5.91 Å². The van der Waals surface area contributed by atoms with Crippen LogP contribution in [0.1, 0.15) is 31.3 Å². The number of hydrogen-bond acceptors (Lipinski definition) is 5. The standard InChI is InChI=1S/C15H21N3O4/c1-9(2)12(14(20)17-10(3)15(21)22-4)18-13(19)11-7-5-6-8-16-11/h5-10,12H,1-4H3,(H,17,20)(H,18,19)/t10-,12?/m0/s1. The zero-order chi connectivity index (χ0) is 16.7. The molecule has 1 aromatic heterocycles. The van der Waals surface area contributed by atoms with E-state index in [0.29, 0.717) is 0 Å². The molecule has 0 radical (unpaired) electrons. The summed E-state index contributed by atoms with van der Waals surface area (Å²) in [4.78, 5) is 39.6. The maximum Gasteiger partial charge on any atom is 0.328 e. The largest absolute Gasteiger partial charge is 0.467 e. The van der Waals surface area contributed by atoms with Crippen molar-refractivity contribution in [3.8, 4) is 0 Å². The molecule has 1 heterocycles. The number of aromatic nitrogens is 1. The summed E-state index contributed by atoms with van der Waals surface area (Å²) in [6, 6.07) is 3.38. The molecule has 0 fully saturated rings. The lowest BCUT2D eigenvalue weighted by molar-refractivity contribution is -0.144. The molecule has 1 rings (SSSR count). The summed E-state index contributed by atoms with van der Waals surface area (Å²) in [5.74, 6) is -1.60. The number of nitrogens with one attached hydrogen (secondary N) is 2. The van der Waals surface area contributed by atoms with Gasteiger partial charge in [0.05, 0.1) is 7.11 Å². The molecule has 0 aromatic carbocycles. The van der Waals surface area contributed by atoms with Gasteiger partial charge in [0.15, 0.2) is 0 Å². The second-order valence-electron chi connectivity index (χ2n) is 5.16. The molecule has 120 valence electrons. The number of hydrogen-bond donors (Lipinski definition) is 2. The zero-order valence-electron chi connectivity index (χ0n) is 13.1. The van der Waals surface area contributed by atoms with Crippen molar-refractivity contribution in [2.24, 2.45) is 5.92 Å². The number of methoxy groups -OCH3 is 1. The van der Waals surface area contributed by atoms with E-state index in [1.165, 1.54) is 20.2 Å². The summed E-state index contributed by atoms with van der Waals surface area (Å²) >= 11 is 0. The average Bonchev–Trinajstić information content (AvgIpc) is 2.51. The number of amides is 2. The maximum absolute atomic E-state index is 12.2. The zero-order valence-corrected chi connectivity index (χ0v) is 13.1. The normalized spacial score (nSPS) is 13.1. The van der Waals surface area contributed by atoms with Crippen molar-refractivity contribution < 1.29 is 19.1 Å². The molecule has 0 saturated carbocycles. The Kier molecular flexibility index (Phi) is 6.49. The van der Waals surface area contributed by atoms with E-state index in [2.05, 4.69) is 20.4 Å². The molecule has 0 aliphatic carbocycles. The topological polar surface area (TPSA) is 97.4 Å². The molecule has 1 unspecified atom stereocenters. The molecule has 7 nitrogen and oxygen atoms in total. The molecular formula is C15H21N3O4. The van der Waals surface area contributed by atoms with Gasteiger partial charge in [-0.05, 0) is 25.0 Å². The molecule has 1 aromatic rings. The van der Waals surface area contributed by atoms with Crippen molar-refractivity contribution in [2.75, 3.05) is 7.11 Å². The van der Waals surface area contributed by atoms with Gasteiger partial charge in [0, 0.05) is 6.20 Å². The highest BCUT2D eigenvalue weighted by molar-refractivity contribution is 5.96. The van der Waals surface area contributed by atoms with Gasteiger partial charge < -0.3 is 15.4 Å². The third kappa shape index (κ3) is 4.83. The molecule has 7 heteroatoms. The number of esters is 1. The molecule has 2 amide bonds. The monoisotopic (exact) mass is 307 g/mol. The van der Waals surface area contributed by atoms with Gasteiger partial charge >= 0.3 is 5.97 Å². The fraction of sp³-hybridized carbons (Fsp3) is 0.467.